The fourth-order valence-corrected chi connectivity index (χ4v) is 1.62. The van der Waals surface area contributed by atoms with Gasteiger partial charge in [-0.05, 0) is 33.6 Å². The summed E-state index contributed by atoms with van der Waals surface area (Å²) in [6.45, 7) is 8.91. The Morgan fingerprint density at radius 2 is 1.56 bits per heavy atom. The summed E-state index contributed by atoms with van der Waals surface area (Å²) in [5.74, 6) is -2.55. The van der Waals surface area contributed by atoms with Crippen molar-refractivity contribution in [2.24, 2.45) is 11.8 Å². The quantitative estimate of drug-likeness (QED) is 0.737. The Hall–Kier alpha value is -1.06. The Labute approximate surface area is 97.0 Å². The maximum Gasteiger partial charge on any atom is 0.310 e. The van der Waals surface area contributed by atoms with E-state index in [2.05, 4.69) is 0 Å². The molecule has 0 aliphatic rings. The van der Waals surface area contributed by atoms with Crippen LogP contribution in [0.1, 0.15) is 47.5 Å². The molecule has 0 aromatic heterocycles. The van der Waals surface area contributed by atoms with Gasteiger partial charge in [0.1, 0.15) is 5.60 Å². The molecule has 4 nitrogen and oxygen atoms in total. The van der Waals surface area contributed by atoms with Crippen molar-refractivity contribution >= 4 is 11.9 Å². The smallest absolute Gasteiger partial charge is 0.310 e. The van der Waals surface area contributed by atoms with Crippen LogP contribution in [-0.2, 0) is 14.3 Å². The number of carboxylic acids is 1. The van der Waals surface area contributed by atoms with E-state index in [9.17, 15) is 9.59 Å². The number of ether oxygens (including phenoxy) is 1. The number of carboxylic acid groups (broad SMARTS) is 1. The fraction of sp³-hybridized carbons (Fsp3) is 0.833. The molecule has 94 valence electrons. The number of esters is 1. The summed E-state index contributed by atoms with van der Waals surface area (Å²) in [4.78, 5) is 22.8. The Bertz CT molecular complexity index is 252. The third-order valence-corrected chi connectivity index (χ3v) is 2.39. The largest absolute Gasteiger partial charge is 0.481 e. The van der Waals surface area contributed by atoms with Crippen LogP contribution in [-0.4, -0.2) is 22.6 Å². The van der Waals surface area contributed by atoms with Gasteiger partial charge >= 0.3 is 11.9 Å². The fourth-order valence-electron chi connectivity index (χ4n) is 1.62. The van der Waals surface area contributed by atoms with Crippen LogP contribution in [0.2, 0.25) is 0 Å². The van der Waals surface area contributed by atoms with Gasteiger partial charge in [-0.1, -0.05) is 13.8 Å². The topological polar surface area (TPSA) is 63.6 Å². The molecule has 16 heavy (non-hydrogen) atoms. The van der Waals surface area contributed by atoms with E-state index in [1.54, 1.807) is 34.6 Å². The van der Waals surface area contributed by atoms with Crippen LogP contribution in [0, 0.1) is 11.8 Å². The molecule has 0 heterocycles. The van der Waals surface area contributed by atoms with E-state index in [4.69, 9.17) is 9.84 Å². The summed E-state index contributed by atoms with van der Waals surface area (Å²) in [6.07, 6.45) is 0.923. The molecule has 0 amide bonds. The van der Waals surface area contributed by atoms with Crippen molar-refractivity contribution in [1.29, 1.82) is 0 Å². The maximum atomic E-state index is 11.8. The Morgan fingerprint density at radius 3 is 1.81 bits per heavy atom. The van der Waals surface area contributed by atoms with E-state index in [1.807, 2.05) is 0 Å². The molecule has 0 saturated carbocycles. The second kappa shape index (κ2) is 5.87. The van der Waals surface area contributed by atoms with Crippen molar-refractivity contribution in [3.63, 3.8) is 0 Å². The highest BCUT2D eigenvalue weighted by atomic mass is 16.6. The first-order valence-corrected chi connectivity index (χ1v) is 5.68. The van der Waals surface area contributed by atoms with Crippen LogP contribution < -0.4 is 0 Å². The van der Waals surface area contributed by atoms with Crippen molar-refractivity contribution in [3.05, 3.63) is 0 Å². The molecule has 0 saturated heterocycles. The van der Waals surface area contributed by atoms with Gasteiger partial charge in [0.15, 0.2) is 0 Å². The minimum absolute atomic E-state index is 0.413. The number of hydrogen-bond donors (Lipinski definition) is 1. The molecule has 4 heteroatoms. The van der Waals surface area contributed by atoms with Crippen LogP contribution >= 0.6 is 0 Å². The highest BCUT2D eigenvalue weighted by Crippen LogP contribution is 2.23. The van der Waals surface area contributed by atoms with Gasteiger partial charge < -0.3 is 9.84 Å². The van der Waals surface area contributed by atoms with Crippen molar-refractivity contribution in [3.8, 4) is 0 Å². The maximum absolute atomic E-state index is 11.8. The van der Waals surface area contributed by atoms with Gasteiger partial charge in [0, 0.05) is 0 Å². The molecule has 0 aliphatic carbocycles. The van der Waals surface area contributed by atoms with Gasteiger partial charge in [0.2, 0.25) is 0 Å². The van der Waals surface area contributed by atoms with E-state index in [1.165, 1.54) is 0 Å². The number of carbonyl (C=O) groups is 2. The molecule has 0 bridgehead atoms. The monoisotopic (exact) mass is 230 g/mol. The molecule has 0 fully saturated rings. The first-order valence-electron chi connectivity index (χ1n) is 5.68. The summed E-state index contributed by atoms with van der Waals surface area (Å²) in [5.41, 5.74) is -0.568. The van der Waals surface area contributed by atoms with Gasteiger partial charge in [-0.15, -0.1) is 0 Å². The summed E-state index contributed by atoms with van der Waals surface area (Å²) in [5, 5.41) is 9.01. The normalized spacial score (nSPS) is 15.3. The predicted molar refractivity (Wildman–Crippen MR) is 61.0 cm³/mol. The first kappa shape index (κ1) is 14.9. The van der Waals surface area contributed by atoms with Crippen LogP contribution in [0.4, 0.5) is 0 Å². The lowest BCUT2D eigenvalue weighted by Crippen LogP contribution is -2.35. The third kappa shape index (κ3) is 4.64. The van der Waals surface area contributed by atoms with E-state index < -0.39 is 29.4 Å². The van der Waals surface area contributed by atoms with Crippen molar-refractivity contribution < 1.29 is 19.4 Å². The SMILES string of the molecule is CCC(C(=O)O)C(CC)C(=O)OC(C)(C)C. The number of hydrogen-bond acceptors (Lipinski definition) is 3. The highest BCUT2D eigenvalue weighted by molar-refractivity contribution is 5.81. The van der Waals surface area contributed by atoms with E-state index in [0.29, 0.717) is 12.8 Å². The lowest BCUT2D eigenvalue weighted by atomic mass is 9.88. The molecule has 0 aromatic rings. The lowest BCUT2D eigenvalue weighted by molar-refractivity contribution is -0.166. The number of aliphatic carboxylic acids is 1. The molecule has 0 spiro atoms. The van der Waals surface area contributed by atoms with Crippen LogP contribution in [0.15, 0.2) is 0 Å². The lowest BCUT2D eigenvalue weighted by Gasteiger charge is -2.26. The zero-order chi connectivity index (χ0) is 12.9. The van der Waals surface area contributed by atoms with Crippen molar-refractivity contribution in [1.82, 2.24) is 0 Å². The summed E-state index contributed by atoms with van der Waals surface area (Å²) < 4.78 is 5.22. The molecule has 0 aliphatic heterocycles. The summed E-state index contributed by atoms with van der Waals surface area (Å²) in [6, 6.07) is 0. The average Bonchev–Trinajstić information content (AvgIpc) is 2.09. The second-order valence-electron chi connectivity index (χ2n) is 4.90. The minimum atomic E-state index is -0.930. The molecule has 0 aromatic carbocycles. The van der Waals surface area contributed by atoms with Crippen LogP contribution in [0.25, 0.3) is 0 Å². The van der Waals surface area contributed by atoms with Crippen LogP contribution in [0.3, 0.4) is 0 Å². The van der Waals surface area contributed by atoms with Gasteiger partial charge in [0.05, 0.1) is 11.8 Å². The molecule has 2 unspecified atom stereocenters. The van der Waals surface area contributed by atoms with Crippen molar-refractivity contribution in [2.75, 3.05) is 0 Å². The highest BCUT2D eigenvalue weighted by Gasteiger charge is 2.33. The van der Waals surface area contributed by atoms with Crippen LogP contribution in [0.5, 0.6) is 0 Å². The molecule has 2 atom stereocenters. The zero-order valence-electron chi connectivity index (χ0n) is 10.7. The van der Waals surface area contributed by atoms with Gasteiger partial charge in [0.25, 0.3) is 0 Å². The summed E-state index contributed by atoms with van der Waals surface area (Å²) >= 11 is 0. The number of rotatable bonds is 5. The minimum Gasteiger partial charge on any atom is -0.481 e. The van der Waals surface area contributed by atoms with E-state index in [-0.39, 0.29) is 0 Å². The van der Waals surface area contributed by atoms with Gasteiger partial charge in [-0.25, -0.2) is 0 Å². The van der Waals surface area contributed by atoms with Gasteiger partial charge in [-0.3, -0.25) is 9.59 Å². The Balaban J connectivity index is 4.71. The zero-order valence-corrected chi connectivity index (χ0v) is 10.7. The van der Waals surface area contributed by atoms with E-state index >= 15 is 0 Å². The Kier molecular flexibility index (Phi) is 5.48. The second-order valence-corrected chi connectivity index (χ2v) is 4.90. The summed E-state index contributed by atoms with van der Waals surface area (Å²) in [7, 11) is 0. The standard InChI is InChI=1S/C12H22O4/c1-6-8(10(13)14)9(7-2)11(15)16-12(3,4)5/h8-9H,6-7H2,1-5H3,(H,13,14). The third-order valence-electron chi connectivity index (χ3n) is 2.39. The van der Waals surface area contributed by atoms with Gasteiger partial charge in [-0.2, -0.15) is 0 Å². The molecule has 1 N–H and O–H groups in total. The van der Waals surface area contributed by atoms with Crippen molar-refractivity contribution in [2.45, 2.75) is 53.1 Å². The predicted octanol–water partition coefficient (Wildman–Crippen LogP) is 2.47. The molecule has 0 rings (SSSR count). The van der Waals surface area contributed by atoms with E-state index in [0.717, 1.165) is 0 Å². The molecule has 0 radical (unpaired) electrons. The average molecular weight is 230 g/mol. The number of carbonyl (C=O) groups excluding carboxylic acids is 1. The molecular formula is C12H22O4. The Morgan fingerprint density at radius 1 is 1.12 bits per heavy atom. The molecular weight excluding hydrogens is 208 g/mol. The first-order chi connectivity index (χ1) is 7.22.